The molecule has 0 bridgehead atoms. The predicted octanol–water partition coefficient (Wildman–Crippen LogP) is 2.85. The number of hydrogen-bond donors (Lipinski definition) is 2. The minimum absolute atomic E-state index is 0.0364. The van der Waals surface area contributed by atoms with Gasteiger partial charge < -0.3 is 5.73 Å². The maximum Gasteiger partial charge on any atom is 0.344 e. The summed E-state index contributed by atoms with van der Waals surface area (Å²) in [4.78, 5) is 12.8. The van der Waals surface area contributed by atoms with Crippen molar-refractivity contribution in [3.8, 4) is 0 Å². The number of benzene rings is 1. The van der Waals surface area contributed by atoms with Gasteiger partial charge in [0.05, 0.1) is 0 Å². The molecule has 7 heteroatoms. The Bertz CT molecular complexity index is 678. The SMILES string of the molecule is CC(N)Cc1cc(Cl)ccc1Sc1n[nH]c(=O)n1C(C)C. The molecule has 21 heavy (non-hydrogen) atoms. The number of nitrogens with two attached hydrogens (primary N) is 1. The number of aromatic nitrogens is 3. The fraction of sp³-hybridized carbons (Fsp3) is 0.429. The van der Waals surface area contributed by atoms with E-state index in [1.54, 1.807) is 4.57 Å². The molecule has 1 heterocycles. The Morgan fingerprint density at radius 2 is 2.14 bits per heavy atom. The van der Waals surface area contributed by atoms with E-state index in [-0.39, 0.29) is 17.8 Å². The van der Waals surface area contributed by atoms with Crippen molar-refractivity contribution in [2.45, 2.75) is 49.3 Å². The van der Waals surface area contributed by atoms with Crippen LogP contribution in [0.2, 0.25) is 5.02 Å². The maximum absolute atomic E-state index is 11.8. The van der Waals surface area contributed by atoms with Gasteiger partial charge in [-0.1, -0.05) is 11.6 Å². The van der Waals surface area contributed by atoms with E-state index in [1.807, 2.05) is 39.0 Å². The summed E-state index contributed by atoms with van der Waals surface area (Å²) >= 11 is 7.51. The summed E-state index contributed by atoms with van der Waals surface area (Å²) in [6.45, 7) is 5.85. The second-order valence-electron chi connectivity index (χ2n) is 5.31. The van der Waals surface area contributed by atoms with Crippen molar-refractivity contribution in [2.24, 2.45) is 5.73 Å². The molecule has 2 rings (SSSR count). The van der Waals surface area contributed by atoms with Gasteiger partial charge in [0.2, 0.25) is 0 Å². The highest BCUT2D eigenvalue weighted by molar-refractivity contribution is 7.99. The van der Waals surface area contributed by atoms with Crippen molar-refractivity contribution in [1.29, 1.82) is 0 Å². The van der Waals surface area contributed by atoms with Gasteiger partial charge in [-0.25, -0.2) is 9.89 Å². The summed E-state index contributed by atoms with van der Waals surface area (Å²) in [5, 5.41) is 7.92. The molecule has 0 radical (unpaired) electrons. The summed E-state index contributed by atoms with van der Waals surface area (Å²) in [6.07, 6.45) is 0.721. The molecular weight excluding hydrogens is 308 g/mol. The Morgan fingerprint density at radius 3 is 2.76 bits per heavy atom. The van der Waals surface area contributed by atoms with Crippen LogP contribution in [0.5, 0.6) is 0 Å². The summed E-state index contributed by atoms with van der Waals surface area (Å²) in [5.74, 6) is 0. The van der Waals surface area contributed by atoms with E-state index >= 15 is 0 Å². The van der Waals surface area contributed by atoms with Crippen LogP contribution in [-0.2, 0) is 6.42 Å². The average molecular weight is 327 g/mol. The fourth-order valence-electron chi connectivity index (χ4n) is 2.07. The number of nitrogens with one attached hydrogen (secondary N) is 1. The molecule has 0 aliphatic heterocycles. The lowest BCUT2D eigenvalue weighted by Crippen LogP contribution is -2.19. The third-order valence-electron chi connectivity index (χ3n) is 2.95. The zero-order valence-corrected chi connectivity index (χ0v) is 13.8. The van der Waals surface area contributed by atoms with Crippen LogP contribution >= 0.6 is 23.4 Å². The first-order chi connectivity index (χ1) is 9.88. The number of aromatic amines is 1. The standard InChI is InChI=1S/C14H19ClN4OS/c1-8(2)19-13(20)17-18-14(19)21-12-5-4-11(15)7-10(12)6-9(3)16/h4-5,7-9H,6,16H2,1-3H3,(H,17,20). The molecule has 0 saturated heterocycles. The number of rotatable bonds is 5. The second-order valence-corrected chi connectivity index (χ2v) is 6.76. The maximum atomic E-state index is 11.8. The van der Waals surface area contributed by atoms with Crippen molar-refractivity contribution in [1.82, 2.24) is 14.8 Å². The van der Waals surface area contributed by atoms with Crippen LogP contribution < -0.4 is 11.4 Å². The minimum Gasteiger partial charge on any atom is -0.328 e. The van der Waals surface area contributed by atoms with Crippen molar-refractivity contribution >= 4 is 23.4 Å². The summed E-state index contributed by atoms with van der Waals surface area (Å²) in [5.41, 5.74) is 6.75. The molecule has 0 aliphatic rings. The molecule has 5 nitrogen and oxygen atoms in total. The third-order valence-corrected chi connectivity index (χ3v) is 4.28. The molecule has 0 spiro atoms. The van der Waals surface area contributed by atoms with Crippen molar-refractivity contribution in [2.75, 3.05) is 0 Å². The van der Waals surface area contributed by atoms with Crippen LogP contribution in [0.15, 0.2) is 33.0 Å². The first-order valence-corrected chi connectivity index (χ1v) is 7.96. The van der Waals surface area contributed by atoms with Crippen molar-refractivity contribution in [3.05, 3.63) is 39.3 Å². The molecule has 0 fully saturated rings. The van der Waals surface area contributed by atoms with E-state index in [4.69, 9.17) is 17.3 Å². The van der Waals surface area contributed by atoms with Gasteiger partial charge in [-0.2, -0.15) is 0 Å². The van der Waals surface area contributed by atoms with Gasteiger partial charge in [0.15, 0.2) is 5.16 Å². The van der Waals surface area contributed by atoms with E-state index in [9.17, 15) is 4.79 Å². The summed E-state index contributed by atoms with van der Waals surface area (Å²) in [6, 6.07) is 5.77. The zero-order chi connectivity index (χ0) is 15.6. The molecule has 1 aromatic carbocycles. The quantitative estimate of drug-likeness (QED) is 0.885. The van der Waals surface area contributed by atoms with Gasteiger partial charge in [-0.3, -0.25) is 4.57 Å². The molecule has 0 amide bonds. The van der Waals surface area contributed by atoms with Crippen LogP contribution in [-0.4, -0.2) is 20.8 Å². The van der Waals surface area contributed by atoms with Crippen LogP contribution in [0.25, 0.3) is 0 Å². The Morgan fingerprint density at radius 1 is 1.43 bits per heavy atom. The second kappa shape index (κ2) is 6.68. The number of hydrogen-bond acceptors (Lipinski definition) is 4. The number of nitrogens with zero attached hydrogens (tertiary/aromatic N) is 2. The van der Waals surface area contributed by atoms with E-state index in [1.165, 1.54) is 11.8 Å². The van der Waals surface area contributed by atoms with Gasteiger partial charge in [-0.15, -0.1) is 5.10 Å². The largest absolute Gasteiger partial charge is 0.344 e. The van der Waals surface area contributed by atoms with Gasteiger partial charge in [-0.05, 0) is 62.7 Å². The lowest BCUT2D eigenvalue weighted by molar-refractivity contribution is 0.534. The molecule has 1 unspecified atom stereocenters. The fourth-order valence-corrected chi connectivity index (χ4v) is 3.35. The van der Waals surface area contributed by atoms with Crippen LogP contribution in [0.3, 0.4) is 0 Å². The molecule has 1 atom stereocenters. The molecule has 3 N–H and O–H groups in total. The van der Waals surface area contributed by atoms with Crippen molar-refractivity contribution in [3.63, 3.8) is 0 Å². The van der Waals surface area contributed by atoms with Gasteiger partial charge in [0.1, 0.15) is 0 Å². The highest BCUT2D eigenvalue weighted by atomic mass is 35.5. The lowest BCUT2D eigenvalue weighted by atomic mass is 10.1. The molecule has 0 saturated carbocycles. The first kappa shape index (κ1) is 16.1. The van der Waals surface area contributed by atoms with E-state index in [2.05, 4.69) is 10.2 Å². The Balaban J connectivity index is 2.38. The molecule has 2 aromatic rings. The van der Waals surface area contributed by atoms with E-state index < -0.39 is 0 Å². The molecular formula is C14H19ClN4OS. The molecule has 1 aromatic heterocycles. The van der Waals surface area contributed by atoms with Crippen LogP contribution in [0, 0.1) is 0 Å². The summed E-state index contributed by atoms with van der Waals surface area (Å²) in [7, 11) is 0. The molecule has 0 aliphatic carbocycles. The van der Waals surface area contributed by atoms with Gasteiger partial charge in [0.25, 0.3) is 0 Å². The topological polar surface area (TPSA) is 76.7 Å². The van der Waals surface area contributed by atoms with Gasteiger partial charge >= 0.3 is 5.69 Å². The normalized spacial score (nSPS) is 12.9. The zero-order valence-electron chi connectivity index (χ0n) is 12.3. The lowest BCUT2D eigenvalue weighted by Gasteiger charge is -2.13. The smallest absolute Gasteiger partial charge is 0.328 e. The highest BCUT2D eigenvalue weighted by Gasteiger charge is 2.15. The Kier molecular flexibility index (Phi) is 5.13. The average Bonchev–Trinajstić information content (AvgIpc) is 2.73. The minimum atomic E-state index is -0.199. The third kappa shape index (κ3) is 3.90. The Labute approximate surface area is 132 Å². The number of halogens is 1. The monoisotopic (exact) mass is 326 g/mol. The van der Waals surface area contributed by atoms with Gasteiger partial charge in [0, 0.05) is 22.0 Å². The summed E-state index contributed by atoms with van der Waals surface area (Å²) < 4.78 is 1.63. The van der Waals surface area contributed by atoms with E-state index in [0.717, 1.165) is 16.9 Å². The highest BCUT2D eigenvalue weighted by Crippen LogP contribution is 2.31. The molecule has 114 valence electrons. The Hall–Kier alpha value is -1.24. The van der Waals surface area contributed by atoms with Crippen molar-refractivity contribution < 1.29 is 0 Å². The number of H-pyrrole nitrogens is 1. The predicted molar refractivity (Wildman–Crippen MR) is 86.2 cm³/mol. The van der Waals surface area contributed by atoms with Crippen LogP contribution in [0.4, 0.5) is 0 Å². The van der Waals surface area contributed by atoms with E-state index in [0.29, 0.717) is 10.2 Å². The first-order valence-electron chi connectivity index (χ1n) is 6.77. The van der Waals surface area contributed by atoms with Crippen LogP contribution in [0.1, 0.15) is 32.4 Å².